The number of methoxy groups -OCH3 is 1. The minimum Gasteiger partial charge on any atom is -0.497 e. The van der Waals surface area contributed by atoms with Crippen molar-refractivity contribution < 1.29 is 18.7 Å². The fraction of sp³-hybridized carbons (Fsp3) is 0.412. The van der Waals surface area contributed by atoms with Crippen molar-refractivity contribution in [3.63, 3.8) is 0 Å². The summed E-state index contributed by atoms with van der Waals surface area (Å²) in [5.74, 6) is 0.462. The zero-order valence-corrected chi connectivity index (χ0v) is 13.0. The van der Waals surface area contributed by atoms with E-state index in [0.29, 0.717) is 23.4 Å². The molecular formula is C17H19NO5. The predicted molar refractivity (Wildman–Crippen MR) is 84.7 cm³/mol. The van der Waals surface area contributed by atoms with Crippen molar-refractivity contribution in [2.45, 2.75) is 25.4 Å². The van der Waals surface area contributed by atoms with Gasteiger partial charge in [-0.05, 0) is 30.5 Å². The number of ether oxygens (including phenoxy) is 2. The van der Waals surface area contributed by atoms with E-state index in [9.17, 15) is 9.59 Å². The van der Waals surface area contributed by atoms with Crippen molar-refractivity contribution in [1.29, 1.82) is 0 Å². The lowest BCUT2D eigenvalue weighted by atomic mass is 10.1. The molecule has 6 heteroatoms. The van der Waals surface area contributed by atoms with E-state index in [1.165, 1.54) is 6.07 Å². The molecule has 1 saturated heterocycles. The number of carbonyl (C=O) groups excluding carboxylic acids is 1. The number of benzene rings is 1. The SMILES string of the molecule is COc1ccc2c(CC(=O)NC[C@@H]3CCCO3)cc(=O)oc2c1. The molecule has 1 aromatic heterocycles. The lowest BCUT2D eigenvalue weighted by Gasteiger charge is -2.11. The molecule has 1 N–H and O–H groups in total. The number of nitrogens with one attached hydrogen (secondary N) is 1. The Kier molecular flexibility index (Phi) is 4.62. The van der Waals surface area contributed by atoms with Gasteiger partial charge in [-0.1, -0.05) is 0 Å². The van der Waals surface area contributed by atoms with Crippen LogP contribution in [0.25, 0.3) is 11.0 Å². The summed E-state index contributed by atoms with van der Waals surface area (Å²) in [6.07, 6.45) is 2.23. The molecule has 1 fully saturated rings. The number of fused-ring (bicyclic) bond motifs is 1. The van der Waals surface area contributed by atoms with Crippen LogP contribution >= 0.6 is 0 Å². The van der Waals surface area contributed by atoms with E-state index in [2.05, 4.69) is 5.32 Å². The van der Waals surface area contributed by atoms with E-state index in [0.717, 1.165) is 24.8 Å². The summed E-state index contributed by atoms with van der Waals surface area (Å²) in [5.41, 5.74) is 0.579. The fourth-order valence-electron chi connectivity index (χ4n) is 2.75. The van der Waals surface area contributed by atoms with Gasteiger partial charge >= 0.3 is 5.63 Å². The van der Waals surface area contributed by atoms with Gasteiger partial charge in [0.1, 0.15) is 11.3 Å². The number of rotatable bonds is 5. The topological polar surface area (TPSA) is 77.8 Å². The van der Waals surface area contributed by atoms with Crippen LogP contribution in [0.15, 0.2) is 33.5 Å². The number of hydrogen-bond donors (Lipinski definition) is 1. The van der Waals surface area contributed by atoms with E-state index < -0.39 is 5.63 Å². The smallest absolute Gasteiger partial charge is 0.336 e. The zero-order valence-electron chi connectivity index (χ0n) is 13.0. The first kappa shape index (κ1) is 15.6. The van der Waals surface area contributed by atoms with Crippen LogP contribution in [0.2, 0.25) is 0 Å². The second-order valence-corrected chi connectivity index (χ2v) is 5.57. The first-order chi connectivity index (χ1) is 11.2. The first-order valence-corrected chi connectivity index (χ1v) is 7.65. The van der Waals surface area contributed by atoms with Gasteiger partial charge in [0.15, 0.2) is 0 Å². The molecule has 2 heterocycles. The molecule has 3 rings (SSSR count). The average Bonchev–Trinajstić information content (AvgIpc) is 3.05. The largest absolute Gasteiger partial charge is 0.497 e. The molecule has 0 spiro atoms. The molecule has 6 nitrogen and oxygen atoms in total. The third-order valence-corrected chi connectivity index (χ3v) is 3.94. The normalized spacial score (nSPS) is 17.3. The van der Waals surface area contributed by atoms with Crippen molar-refractivity contribution in [1.82, 2.24) is 5.32 Å². The van der Waals surface area contributed by atoms with Gasteiger partial charge in [-0.25, -0.2) is 4.79 Å². The van der Waals surface area contributed by atoms with Gasteiger partial charge in [0.2, 0.25) is 5.91 Å². The van der Waals surface area contributed by atoms with Crippen LogP contribution in [0.4, 0.5) is 0 Å². The third kappa shape index (κ3) is 3.71. The maximum atomic E-state index is 12.1. The highest BCUT2D eigenvalue weighted by atomic mass is 16.5. The summed E-state index contributed by atoms with van der Waals surface area (Å²) in [6.45, 7) is 1.26. The van der Waals surface area contributed by atoms with E-state index >= 15 is 0 Å². The van der Waals surface area contributed by atoms with Gasteiger partial charge in [-0.15, -0.1) is 0 Å². The molecule has 1 atom stereocenters. The van der Waals surface area contributed by atoms with Crippen molar-refractivity contribution in [3.8, 4) is 5.75 Å². The maximum Gasteiger partial charge on any atom is 0.336 e. The Morgan fingerprint density at radius 1 is 1.39 bits per heavy atom. The van der Waals surface area contributed by atoms with Crippen LogP contribution in [0, 0.1) is 0 Å². The predicted octanol–water partition coefficient (Wildman–Crippen LogP) is 1.64. The standard InChI is InChI=1S/C17H19NO5/c1-21-12-4-5-14-11(8-17(20)23-15(14)9-12)7-16(19)18-10-13-3-2-6-22-13/h4-5,8-9,13H,2-3,6-7,10H2,1H3,(H,18,19)/t13-/m0/s1. The van der Waals surface area contributed by atoms with Gasteiger partial charge in [0, 0.05) is 30.7 Å². The molecular weight excluding hydrogens is 298 g/mol. The molecule has 1 amide bonds. The van der Waals surface area contributed by atoms with Gasteiger partial charge < -0.3 is 19.2 Å². The minimum atomic E-state index is -0.479. The summed E-state index contributed by atoms with van der Waals surface area (Å²) < 4.78 is 15.8. The summed E-state index contributed by atoms with van der Waals surface area (Å²) in [4.78, 5) is 23.8. The molecule has 0 bridgehead atoms. The van der Waals surface area contributed by atoms with E-state index in [1.54, 1.807) is 25.3 Å². The Hall–Kier alpha value is -2.34. The highest BCUT2D eigenvalue weighted by Crippen LogP contribution is 2.22. The number of carbonyl (C=O) groups is 1. The molecule has 23 heavy (non-hydrogen) atoms. The van der Waals surface area contributed by atoms with Gasteiger partial charge in [-0.2, -0.15) is 0 Å². The molecule has 2 aromatic rings. The minimum absolute atomic E-state index is 0.0980. The Morgan fingerprint density at radius 2 is 2.26 bits per heavy atom. The van der Waals surface area contributed by atoms with Crippen molar-refractivity contribution >= 4 is 16.9 Å². The van der Waals surface area contributed by atoms with E-state index in [1.807, 2.05) is 0 Å². The van der Waals surface area contributed by atoms with E-state index in [-0.39, 0.29) is 18.4 Å². The van der Waals surface area contributed by atoms with Crippen LogP contribution in [-0.4, -0.2) is 32.3 Å². The summed E-state index contributed by atoms with van der Waals surface area (Å²) in [7, 11) is 1.54. The molecule has 0 saturated carbocycles. The molecule has 0 radical (unpaired) electrons. The van der Waals surface area contributed by atoms with Crippen LogP contribution in [0.3, 0.4) is 0 Å². The fourth-order valence-corrected chi connectivity index (χ4v) is 2.75. The molecule has 122 valence electrons. The van der Waals surface area contributed by atoms with Crippen LogP contribution < -0.4 is 15.7 Å². The molecule has 1 aliphatic rings. The number of amides is 1. The monoisotopic (exact) mass is 317 g/mol. The van der Waals surface area contributed by atoms with Crippen LogP contribution in [0.1, 0.15) is 18.4 Å². The van der Waals surface area contributed by atoms with Crippen molar-refractivity contribution in [2.75, 3.05) is 20.3 Å². The van der Waals surface area contributed by atoms with Crippen LogP contribution in [-0.2, 0) is 16.0 Å². The molecule has 1 aromatic carbocycles. The van der Waals surface area contributed by atoms with Crippen molar-refractivity contribution in [2.24, 2.45) is 0 Å². The van der Waals surface area contributed by atoms with Gasteiger partial charge in [-0.3, -0.25) is 4.79 Å². The number of hydrogen-bond acceptors (Lipinski definition) is 5. The Morgan fingerprint density at radius 3 is 3.00 bits per heavy atom. The molecule has 1 aliphatic heterocycles. The zero-order chi connectivity index (χ0) is 16.2. The van der Waals surface area contributed by atoms with Gasteiger partial charge in [0.05, 0.1) is 19.6 Å². The summed E-state index contributed by atoms with van der Waals surface area (Å²) in [6, 6.07) is 6.57. The highest BCUT2D eigenvalue weighted by Gasteiger charge is 2.17. The van der Waals surface area contributed by atoms with Crippen LogP contribution in [0.5, 0.6) is 5.75 Å². The third-order valence-electron chi connectivity index (χ3n) is 3.94. The second-order valence-electron chi connectivity index (χ2n) is 5.57. The van der Waals surface area contributed by atoms with Crippen molar-refractivity contribution in [3.05, 3.63) is 40.2 Å². The first-order valence-electron chi connectivity index (χ1n) is 7.65. The quantitative estimate of drug-likeness (QED) is 0.848. The Bertz CT molecular complexity index is 761. The lowest BCUT2D eigenvalue weighted by Crippen LogP contribution is -2.32. The summed E-state index contributed by atoms with van der Waals surface area (Å²) in [5, 5.41) is 3.59. The molecule has 0 aliphatic carbocycles. The van der Waals surface area contributed by atoms with E-state index in [4.69, 9.17) is 13.9 Å². The molecule has 0 unspecified atom stereocenters. The van der Waals surface area contributed by atoms with Gasteiger partial charge in [0.25, 0.3) is 0 Å². The summed E-state index contributed by atoms with van der Waals surface area (Å²) >= 11 is 0. The maximum absolute atomic E-state index is 12.1. The average molecular weight is 317 g/mol. The lowest BCUT2D eigenvalue weighted by molar-refractivity contribution is -0.120. The Labute approximate surface area is 133 Å². The highest BCUT2D eigenvalue weighted by molar-refractivity contribution is 5.87. The second kappa shape index (κ2) is 6.83. The Balaban J connectivity index is 1.76.